The van der Waals surface area contributed by atoms with Crippen LogP contribution in [0.25, 0.3) is 0 Å². The number of nitrogens with two attached hydrogens (primary N) is 1. The van der Waals surface area contributed by atoms with E-state index in [9.17, 15) is 4.79 Å². The highest BCUT2D eigenvalue weighted by molar-refractivity contribution is 5.83. The lowest BCUT2D eigenvalue weighted by Crippen LogP contribution is -2.57. The number of amides is 1. The third-order valence-corrected chi connectivity index (χ3v) is 5.99. The highest BCUT2D eigenvalue weighted by Crippen LogP contribution is 2.36. The van der Waals surface area contributed by atoms with Crippen LogP contribution in [0.2, 0.25) is 0 Å². The van der Waals surface area contributed by atoms with E-state index in [-0.39, 0.29) is 16.9 Å². The van der Waals surface area contributed by atoms with Gasteiger partial charge in [-0.25, -0.2) is 0 Å². The Bertz CT molecular complexity index is 342. The number of hydrogen-bond acceptors (Lipinski definition) is 3. The summed E-state index contributed by atoms with van der Waals surface area (Å²) in [5.41, 5.74) is 5.83. The maximum Gasteiger partial charge on any atom is 0.227 e. The van der Waals surface area contributed by atoms with Crippen LogP contribution < -0.4 is 11.1 Å². The molecule has 21 heavy (non-hydrogen) atoms. The molecule has 0 aromatic heterocycles. The minimum Gasteiger partial charge on any atom is -0.354 e. The first-order valence-electron chi connectivity index (χ1n) is 8.71. The van der Waals surface area contributed by atoms with Crippen molar-refractivity contribution in [1.29, 1.82) is 0 Å². The summed E-state index contributed by atoms with van der Waals surface area (Å²) in [6.45, 7) is 1.27. The van der Waals surface area contributed by atoms with Crippen LogP contribution in [0.5, 0.6) is 0 Å². The molecule has 2 saturated carbocycles. The molecule has 0 atom stereocenters. The Morgan fingerprint density at radius 2 is 1.52 bits per heavy atom. The van der Waals surface area contributed by atoms with Crippen molar-refractivity contribution in [1.82, 2.24) is 10.2 Å². The molecule has 4 nitrogen and oxygen atoms in total. The molecule has 0 spiro atoms. The Balaban J connectivity index is 1.97. The van der Waals surface area contributed by atoms with E-state index in [0.717, 1.165) is 32.2 Å². The molecule has 1 amide bonds. The van der Waals surface area contributed by atoms with Crippen LogP contribution in [0.3, 0.4) is 0 Å². The summed E-state index contributed by atoms with van der Waals surface area (Å²) in [6.07, 6.45) is 11.7. The summed E-state index contributed by atoms with van der Waals surface area (Å²) >= 11 is 0. The van der Waals surface area contributed by atoms with Gasteiger partial charge in [-0.15, -0.1) is 0 Å². The van der Waals surface area contributed by atoms with Crippen molar-refractivity contribution in [2.45, 2.75) is 69.7 Å². The lowest BCUT2D eigenvalue weighted by molar-refractivity contribution is -0.133. The van der Waals surface area contributed by atoms with Gasteiger partial charge in [0, 0.05) is 18.6 Å². The zero-order valence-electron chi connectivity index (χ0n) is 13.9. The van der Waals surface area contributed by atoms with E-state index in [0.29, 0.717) is 6.54 Å². The van der Waals surface area contributed by atoms with Crippen LogP contribution in [0.1, 0.15) is 64.2 Å². The van der Waals surface area contributed by atoms with Crippen LogP contribution in [0.4, 0.5) is 0 Å². The number of hydrogen-bond donors (Lipinski definition) is 2. The van der Waals surface area contributed by atoms with Gasteiger partial charge < -0.3 is 16.0 Å². The van der Waals surface area contributed by atoms with Crippen molar-refractivity contribution >= 4 is 5.91 Å². The molecule has 2 aliphatic carbocycles. The molecular weight excluding hydrogens is 262 g/mol. The van der Waals surface area contributed by atoms with Crippen molar-refractivity contribution < 1.29 is 4.79 Å². The predicted octanol–water partition coefficient (Wildman–Crippen LogP) is 2.28. The van der Waals surface area contributed by atoms with Crippen molar-refractivity contribution in [3.63, 3.8) is 0 Å². The number of carbonyl (C=O) groups excluding carboxylic acids is 1. The monoisotopic (exact) mass is 295 g/mol. The molecule has 4 heteroatoms. The summed E-state index contributed by atoms with van der Waals surface area (Å²) < 4.78 is 0. The predicted molar refractivity (Wildman–Crippen MR) is 87.1 cm³/mol. The highest BCUT2D eigenvalue weighted by atomic mass is 16.2. The second-order valence-electron chi connectivity index (χ2n) is 7.41. The molecule has 0 unspecified atom stereocenters. The Labute approximate surface area is 129 Å². The van der Waals surface area contributed by atoms with E-state index >= 15 is 0 Å². The first-order valence-corrected chi connectivity index (χ1v) is 8.71. The van der Waals surface area contributed by atoms with Gasteiger partial charge in [-0.3, -0.25) is 4.79 Å². The number of carbonyl (C=O) groups is 1. The summed E-state index contributed by atoms with van der Waals surface area (Å²) in [4.78, 5) is 15.1. The van der Waals surface area contributed by atoms with Gasteiger partial charge in [0.05, 0.1) is 5.41 Å². The second kappa shape index (κ2) is 7.10. The van der Waals surface area contributed by atoms with Gasteiger partial charge in [-0.2, -0.15) is 0 Å². The topological polar surface area (TPSA) is 58.4 Å². The van der Waals surface area contributed by atoms with E-state index < -0.39 is 0 Å². The molecule has 2 rings (SSSR count). The molecule has 0 aromatic carbocycles. The Kier molecular flexibility index (Phi) is 5.67. The first-order chi connectivity index (χ1) is 10.0. The molecule has 0 aromatic rings. The van der Waals surface area contributed by atoms with Crippen LogP contribution in [-0.4, -0.2) is 43.5 Å². The molecule has 0 heterocycles. The zero-order valence-corrected chi connectivity index (χ0v) is 13.9. The number of likely N-dealkylation sites (N-methyl/N-ethyl adjacent to an activating group) is 1. The van der Waals surface area contributed by atoms with Gasteiger partial charge in [0.2, 0.25) is 5.91 Å². The van der Waals surface area contributed by atoms with Gasteiger partial charge in [0.15, 0.2) is 0 Å². The SMILES string of the molecule is CN(C)C1(CNC(=O)C2(CN)CCCCC2)CCCCC1. The van der Waals surface area contributed by atoms with E-state index in [4.69, 9.17) is 5.73 Å². The third-order valence-electron chi connectivity index (χ3n) is 5.99. The van der Waals surface area contributed by atoms with Crippen LogP contribution in [-0.2, 0) is 4.79 Å². The quantitative estimate of drug-likeness (QED) is 0.818. The molecule has 0 aliphatic heterocycles. The van der Waals surface area contributed by atoms with Crippen LogP contribution >= 0.6 is 0 Å². The van der Waals surface area contributed by atoms with E-state index in [1.165, 1.54) is 38.5 Å². The van der Waals surface area contributed by atoms with Gasteiger partial charge in [-0.05, 0) is 39.8 Å². The van der Waals surface area contributed by atoms with E-state index in [1.54, 1.807) is 0 Å². The van der Waals surface area contributed by atoms with Gasteiger partial charge >= 0.3 is 0 Å². The normalized spacial score (nSPS) is 24.8. The Morgan fingerprint density at radius 3 is 2.00 bits per heavy atom. The van der Waals surface area contributed by atoms with Gasteiger partial charge in [-0.1, -0.05) is 38.5 Å². The maximum atomic E-state index is 12.7. The summed E-state index contributed by atoms with van der Waals surface area (Å²) in [7, 11) is 4.30. The molecule has 2 aliphatic rings. The lowest BCUT2D eigenvalue weighted by Gasteiger charge is -2.44. The minimum atomic E-state index is -0.291. The lowest BCUT2D eigenvalue weighted by atomic mass is 9.73. The van der Waals surface area contributed by atoms with Crippen LogP contribution in [0.15, 0.2) is 0 Å². The fraction of sp³-hybridized carbons (Fsp3) is 0.941. The molecule has 3 N–H and O–H groups in total. The third kappa shape index (κ3) is 3.59. The maximum absolute atomic E-state index is 12.7. The highest BCUT2D eigenvalue weighted by Gasteiger charge is 2.40. The molecule has 122 valence electrons. The molecule has 0 saturated heterocycles. The van der Waals surface area contributed by atoms with Crippen molar-refractivity contribution in [3.8, 4) is 0 Å². The van der Waals surface area contributed by atoms with E-state index in [2.05, 4.69) is 24.3 Å². The van der Waals surface area contributed by atoms with E-state index in [1.807, 2.05) is 0 Å². The largest absolute Gasteiger partial charge is 0.354 e. The standard InChI is InChI=1S/C17H33N3O/c1-20(2)17(11-7-4-8-12-17)14-19-15(21)16(13-18)9-5-3-6-10-16/h3-14,18H2,1-2H3,(H,19,21). The Hall–Kier alpha value is -0.610. The number of nitrogens with zero attached hydrogens (tertiary/aromatic N) is 1. The summed E-state index contributed by atoms with van der Waals surface area (Å²) in [5.74, 6) is 0.205. The number of nitrogens with one attached hydrogen (secondary N) is 1. The molecule has 0 bridgehead atoms. The van der Waals surface area contributed by atoms with Gasteiger partial charge in [0.1, 0.15) is 0 Å². The molecule has 0 radical (unpaired) electrons. The van der Waals surface area contributed by atoms with Gasteiger partial charge in [0.25, 0.3) is 0 Å². The summed E-state index contributed by atoms with van der Waals surface area (Å²) in [5, 5.41) is 3.28. The average molecular weight is 295 g/mol. The zero-order chi connectivity index (χ0) is 15.3. The molecular formula is C17H33N3O. The fourth-order valence-corrected chi connectivity index (χ4v) is 4.18. The smallest absolute Gasteiger partial charge is 0.227 e. The minimum absolute atomic E-state index is 0.151. The van der Waals surface area contributed by atoms with Crippen molar-refractivity contribution in [2.75, 3.05) is 27.2 Å². The number of rotatable bonds is 5. The van der Waals surface area contributed by atoms with Crippen molar-refractivity contribution in [2.24, 2.45) is 11.1 Å². The van der Waals surface area contributed by atoms with Crippen LogP contribution in [0, 0.1) is 5.41 Å². The summed E-state index contributed by atoms with van der Waals surface area (Å²) in [6, 6.07) is 0. The second-order valence-corrected chi connectivity index (χ2v) is 7.41. The fourth-order valence-electron chi connectivity index (χ4n) is 4.18. The van der Waals surface area contributed by atoms with Crippen molar-refractivity contribution in [3.05, 3.63) is 0 Å². The molecule has 2 fully saturated rings. The Morgan fingerprint density at radius 1 is 1.00 bits per heavy atom. The first kappa shape index (κ1) is 16.8. The average Bonchev–Trinajstić information content (AvgIpc) is 2.54.